The molecular weight excluding hydrogens is 254 g/mol. The minimum absolute atomic E-state index is 0.426. The van der Waals surface area contributed by atoms with Crippen LogP contribution in [0.5, 0.6) is 0 Å². The molecule has 1 aliphatic rings. The van der Waals surface area contributed by atoms with E-state index in [1.807, 2.05) is 5.51 Å². The molecule has 0 saturated heterocycles. The number of nitrogens with two attached hydrogens (primary N) is 1. The lowest BCUT2D eigenvalue weighted by Gasteiger charge is -2.37. The Hall–Kier alpha value is -0.450. The van der Waals surface area contributed by atoms with Crippen LogP contribution >= 0.6 is 11.3 Å². The van der Waals surface area contributed by atoms with Gasteiger partial charge in [0, 0.05) is 11.4 Å². The van der Waals surface area contributed by atoms with E-state index in [0.717, 1.165) is 19.6 Å². The van der Waals surface area contributed by atoms with Gasteiger partial charge in [0.15, 0.2) is 0 Å². The van der Waals surface area contributed by atoms with Crippen molar-refractivity contribution in [3.8, 4) is 0 Å². The molecule has 0 aliphatic heterocycles. The van der Waals surface area contributed by atoms with Gasteiger partial charge in [0.1, 0.15) is 0 Å². The maximum absolute atomic E-state index is 6.06. The molecule has 1 heterocycles. The van der Waals surface area contributed by atoms with E-state index < -0.39 is 0 Å². The number of thiazole rings is 1. The van der Waals surface area contributed by atoms with Crippen molar-refractivity contribution in [1.29, 1.82) is 0 Å². The third-order valence-corrected chi connectivity index (χ3v) is 5.55. The molecule has 1 fully saturated rings. The largest absolute Gasteiger partial charge is 0.330 e. The van der Waals surface area contributed by atoms with Crippen molar-refractivity contribution in [2.45, 2.75) is 52.0 Å². The zero-order valence-electron chi connectivity index (χ0n) is 12.3. The van der Waals surface area contributed by atoms with E-state index >= 15 is 0 Å². The fourth-order valence-electron chi connectivity index (χ4n) is 3.09. The smallest absolute Gasteiger partial charge is 0.0798 e. The molecule has 1 aromatic rings. The highest BCUT2D eigenvalue weighted by molar-refractivity contribution is 7.09. The summed E-state index contributed by atoms with van der Waals surface area (Å²) in [6, 6.07) is 0. The molecule has 0 amide bonds. The Bertz CT molecular complexity index is 382. The second-order valence-electron chi connectivity index (χ2n) is 6.11. The summed E-state index contributed by atoms with van der Waals surface area (Å²) in [7, 11) is 2.21. The van der Waals surface area contributed by atoms with Crippen LogP contribution < -0.4 is 5.73 Å². The molecule has 19 heavy (non-hydrogen) atoms. The van der Waals surface area contributed by atoms with Gasteiger partial charge in [-0.15, -0.1) is 11.3 Å². The molecule has 3 nitrogen and oxygen atoms in total. The highest BCUT2D eigenvalue weighted by Gasteiger charge is 2.30. The summed E-state index contributed by atoms with van der Waals surface area (Å²) in [4.78, 5) is 8.14. The first-order valence-electron chi connectivity index (χ1n) is 7.43. The SMILES string of the molecule is Cc1ncsc1CN(C)CCC1(CN)CCCCC1. The Morgan fingerprint density at radius 3 is 2.68 bits per heavy atom. The zero-order chi connectivity index (χ0) is 13.7. The average molecular weight is 281 g/mol. The van der Waals surface area contributed by atoms with E-state index in [-0.39, 0.29) is 0 Å². The van der Waals surface area contributed by atoms with Crippen LogP contribution in [0.25, 0.3) is 0 Å². The van der Waals surface area contributed by atoms with Crippen molar-refractivity contribution >= 4 is 11.3 Å². The summed E-state index contributed by atoms with van der Waals surface area (Å²) in [6.45, 7) is 5.13. The number of hydrogen-bond donors (Lipinski definition) is 1. The first kappa shape index (κ1) is 14.9. The van der Waals surface area contributed by atoms with Crippen molar-refractivity contribution in [2.75, 3.05) is 20.1 Å². The highest BCUT2D eigenvalue weighted by Crippen LogP contribution is 2.38. The molecule has 0 unspecified atom stereocenters. The predicted octanol–water partition coefficient (Wildman–Crippen LogP) is 3.18. The van der Waals surface area contributed by atoms with Gasteiger partial charge in [-0.2, -0.15) is 0 Å². The van der Waals surface area contributed by atoms with Crippen molar-refractivity contribution in [3.05, 3.63) is 16.1 Å². The zero-order valence-corrected chi connectivity index (χ0v) is 13.1. The molecule has 1 aliphatic carbocycles. The Kier molecular flexibility index (Phi) is 5.37. The van der Waals surface area contributed by atoms with E-state index in [1.165, 1.54) is 49.1 Å². The van der Waals surface area contributed by atoms with Crippen molar-refractivity contribution in [1.82, 2.24) is 9.88 Å². The molecule has 1 saturated carbocycles. The van der Waals surface area contributed by atoms with E-state index in [9.17, 15) is 0 Å². The minimum atomic E-state index is 0.426. The quantitative estimate of drug-likeness (QED) is 0.871. The number of rotatable bonds is 6. The lowest BCUT2D eigenvalue weighted by molar-refractivity contribution is 0.154. The van der Waals surface area contributed by atoms with Gasteiger partial charge in [-0.25, -0.2) is 4.98 Å². The van der Waals surface area contributed by atoms with Crippen LogP contribution in [0.4, 0.5) is 0 Å². The molecule has 2 rings (SSSR count). The molecule has 0 bridgehead atoms. The molecule has 1 aromatic heterocycles. The number of aromatic nitrogens is 1. The lowest BCUT2D eigenvalue weighted by atomic mass is 9.72. The van der Waals surface area contributed by atoms with Crippen molar-refractivity contribution < 1.29 is 0 Å². The summed E-state index contributed by atoms with van der Waals surface area (Å²) in [5, 5.41) is 0. The number of nitrogens with zero attached hydrogens (tertiary/aromatic N) is 2. The topological polar surface area (TPSA) is 42.2 Å². The van der Waals surface area contributed by atoms with Gasteiger partial charge < -0.3 is 10.6 Å². The normalized spacial score (nSPS) is 18.9. The van der Waals surface area contributed by atoms with Crippen LogP contribution in [-0.4, -0.2) is 30.0 Å². The molecular formula is C15H27N3S. The molecule has 4 heteroatoms. The number of hydrogen-bond acceptors (Lipinski definition) is 4. The van der Waals surface area contributed by atoms with Crippen LogP contribution in [0.1, 0.15) is 49.1 Å². The van der Waals surface area contributed by atoms with Crippen molar-refractivity contribution in [3.63, 3.8) is 0 Å². The average Bonchev–Trinajstić information content (AvgIpc) is 2.83. The summed E-state index contributed by atoms with van der Waals surface area (Å²) < 4.78 is 0. The Morgan fingerprint density at radius 1 is 1.37 bits per heavy atom. The summed E-state index contributed by atoms with van der Waals surface area (Å²) in [5.74, 6) is 0. The second-order valence-corrected chi connectivity index (χ2v) is 7.05. The maximum Gasteiger partial charge on any atom is 0.0798 e. The van der Waals surface area contributed by atoms with Gasteiger partial charge in [-0.3, -0.25) is 0 Å². The summed E-state index contributed by atoms with van der Waals surface area (Å²) in [6.07, 6.45) is 8.05. The molecule has 108 valence electrons. The fourth-order valence-corrected chi connectivity index (χ4v) is 3.94. The first-order valence-corrected chi connectivity index (χ1v) is 8.31. The highest BCUT2D eigenvalue weighted by atomic mass is 32.1. The van der Waals surface area contributed by atoms with E-state index in [4.69, 9.17) is 5.73 Å². The molecule has 0 radical (unpaired) electrons. The van der Waals surface area contributed by atoms with E-state index in [2.05, 4.69) is 23.9 Å². The molecule has 0 atom stereocenters. The van der Waals surface area contributed by atoms with Gasteiger partial charge in [-0.05, 0) is 51.7 Å². The van der Waals surface area contributed by atoms with Crippen LogP contribution in [0.3, 0.4) is 0 Å². The van der Waals surface area contributed by atoms with Crippen LogP contribution in [0.2, 0.25) is 0 Å². The summed E-state index contributed by atoms with van der Waals surface area (Å²) in [5.41, 5.74) is 9.61. The van der Waals surface area contributed by atoms with Crippen LogP contribution in [0.15, 0.2) is 5.51 Å². The third-order valence-electron chi connectivity index (χ3n) is 4.63. The van der Waals surface area contributed by atoms with E-state index in [0.29, 0.717) is 5.41 Å². The third kappa shape index (κ3) is 4.01. The monoisotopic (exact) mass is 281 g/mol. The molecule has 0 aromatic carbocycles. The minimum Gasteiger partial charge on any atom is -0.330 e. The molecule has 0 spiro atoms. The van der Waals surface area contributed by atoms with Gasteiger partial charge in [0.25, 0.3) is 0 Å². The summed E-state index contributed by atoms with van der Waals surface area (Å²) >= 11 is 1.77. The van der Waals surface area contributed by atoms with Gasteiger partial charge in [0.2, 0.25) is 0 Å². The van der Waals surface area contributed by atoms with Crippen LogP contribution in [0, 0.1) is 12.3 Å². The van der Waals surface area contributed by atoms with Gasteiger partial charge >= 0.3 is 0 Å². The lowest BCUT2D eigenvalue weighted by Crippen LogP contribution is -2.36. The maximum atomic E-state index is 6.06. The fraction of sp³-hybridized carbons (Fsp3) is 0.800. The predicted molar refractivity (Wildman–Crippen MR) is 82.4 cm³/mol. The second kappa shape index (κ2) is 6.82. The van der Waals surface area contributed by atoms with Crippen LogP contribution in [-0.2, 0) is 6.54 Å². The Morgan fingerprint density at radius 2 is 2.11 bits per heavy atom. The molecule has 2 N–H and O–H groups in total. The number of aryl methyl sites for hydroxylation is 1. The van der Waals surface area contributed by atoms with Gasteiger partial charge in [0.05, 0.1) is 11.2 Å². The Balaban J connectivity index is 1.82. The Labute approximate surface area is 121 Å². The standard InChI is InChI=1S/C15H27N3S/c1-13-14(19-12-17-13)10-18(2)9-8-15(11-16)6-4-3-5-7-15/h12H,3-11,16H2,1-2H3. The first-order chi connectivity index (χ1) is 9.15. The van der Waals surface area contributed by atoms with Gasteiger partial charge in [-0.1, -0.05) is 19.3 Å². The van der Waals surface area contributed by atoms with E-state index in [1.54, 1.807) is 11.3 Å². The van der Waals surface area contributed by atoms with Crippen molar-refractivity contribution in [2.24, 2.45) is 11.1 Å².